The van der Waals surface area contributed by atoms with Gasteiger partial charge in [-0.2, -0.15) is 10.1 Å². The van der Waals surface area contributed by atoms with E-state index in [1.165, 1.54) is 13.2 Å². The SMILES string of the molecule is COc1cc(CN=Nc2nc3nonc3nc2Nc2ccc(Cl)cc2)ccc1O. The van der Waals surface area contributed by atoms with Crippen LogP contribution in [0.15, 0.2) is 57.3 Å². The number of hydrogen-bond acceptors (Lipinski definition) is 10. The average Bonchev–Trinajstić information content (AvgIpc) is 3.18. The molecular formula is C18H14ClN7O3. The molecule has 0 atom stereocenters. The van der Waals surface area contributed by atoms with Gasteiger partial charge in [0.05, 0.1) is 13.7 Å². The number of anilines is 2. The maximum atomic E-state index is 9.68. The minimum atomic E-state index is 0.0532. The van der Waals surface area contributed by atoms with Gasteiger partial charge in [0.15, 0.2) is 17.3 Å². The van der Waals surface area contributed by atoms with Crippen LogP contribution in [0.1, 0.15) is 5.56 Å². The number of aromatic hydroxyl groups is 1. The van der Waals surface area contributed by atoms with E-state index in [1.54, 1.807) is 36.4 Å². The second-order valence-electron chi connectivity index (χ2n) is 5.84. The summed E-state index contributed by atoms with van der Waals surface area (Å²) in [6.45, 7) is 0.244. The highest BCUT2D eigenvalue weighted by molar-refractivity contribution is 6.30. The van der Waals surface area contributed by atoms with Crippen molar-refractivity contribution in [1.82, 2.24) is 20.3 Å². The van der Waals surface area contributed by atoms with Gasteiger partial charge in [-0.3, -0.25) is 0 Å². The predicted octanol–water partition coefficient (Wildman–Crippen LogP) is 4.41. The standard InChI is InChI=1S/C18H14ClN7O3/c1-28-14-8-10(2-7-13(14)27)9-20-24-16-15(21-12-5-3-11(19)4-6-12)22-17-18(23-16)26-29-25-17/h2-8,27H,9H2,1H3,(H,21,22,25). The van der Waals surface area contributed by atoms with Crippen LogP contribution in [0.2, 0.25) is 5.02 Å². The van der Waals surface area contributed by atoms with Crippen LogP contribution >= 0.6 is 11.6 Å². The average molecular weight is 412 g/mol. The van der Waals surface area contributed by atoms with Crippen molar-refractivity contribution < 1.29 is 14.5 Å². The molecule has 2 aromatic heterocycles. The number of nitrogens with one attached hydrogen (secondary N) is 1. The number of methoxy groups -OCH3 is 1. The Labute approximate surface area is 169 Å². The first kappa shape index (κ1) is 18.6. The number of halogens is 1. The Kier molecular flexibility index (Phi) is 5.16. The highest BCUT2D eigenvalue weighted by Gasteiger charge is 2.13. The van der Waals surface area contributed by atoms with Crippen molar-refractivity contribution in [2.45, 2.75) is 6.54 Å². The Hall–Kier alpha value is -3.79. The molecule has 0 saturated heterocycles. The topological polar surface area (TPSA) is 131 Å². The summed E-state index contributed by atoms with van der Waals surface area (Å²) in [4.78, 5) is 8.62. The summed E-state index contributed by atoms with van der Waals surface area (Å²) < 4.78 is 9.77. The molecule has 0 aliphatic rings. The third-order valence-electron chi connectivity index (χ3n) is 3.87. The third-order valence-corrected chi connectivity index (χ3v) is 4.12. The first-order valence-electron chi connectivity index (χ1n) is 8.38. The van der Waals surface area contributed by atoms with Crippen LogP contribution < -0.4 is 10.1 Å². The summed E-state index contributed by atoms with van der Waals surface area (Å²) in [5.74, 6) is 0.964. The third kappa shape index (κ3) is 4.22. The highest BCUT2D eigenvalue weighted by Crippen LogP contribution is 2.29. The Morgan fingerprint density at radius 1 is 1.10 bits per heavy atom. The van der Waals surface area contributed by atoms with Crippen molar-refractivity contribution in [3.63, 3.8) is 0 Å². The predicted molar refractivity (Wildman–Crippen MR) is 105 cm³/mol. The minimum absolute atomic E-state index is 0.0532. The van der Waals surface area contributed by atoms with Gasteiger partial charge < -0.3 is 15.2 Å². The van der Waals surface area contributed by atoms with Crippen molar-refractivity contribution in [2.75, 3.05) is 12.4 Å². The molecule has 0 unspecified atom stereocenters. The Balaban J connectivity index is 1.61. The quantitative estimate of drug-likeness (QED) is 0.446. The smallest absolute Gasteiger partial charge is 0.245 e. The molecular weight excluding hydrogens is 398 g/mol. The van der Waals surface area contributed by atoms with Gasteiger partial charge in [-0.15, -0.1) is 5.11 Å². The van der Waals surface area contributed by atoms with E-state index in [9.17, 15) is 5.11 Å². The van der Waals surface area contributed by atoms with E-state index in [0.717, 1.165) is 11.3 Å². The molecule has 10 nitrogen and oxygen atoms in total. The van der Waals surface area contributed by atoms with Crippen LogP contribution in [-0.4, -0.2) is 32.5 Å². The number of rotatable bonds is 6. The summed E-state index contributed by atoms with van der Waals surface area (Å²) >= 11 is 5.92. The number of hydrogen-bond donors (Lipinski definition) is 2. The van der Waals surface area contributed by atoms with Crippen molar-refractivity contribution in [1.29, 1.82) is 0 Å². The molecule has 0 fully saturated rings. The fourth-order valence-electron chi connectivity index (χ4n) is 2.46. The zero-order valence-electron chi connectivity index (χ0n) is 15.1. The molecule has 2 N–H and O–H groups in total. The van der Waals surface area contributed by atoms with Crippen molar-refractivity contribution in [3.8, 4) is 11.5 Å². The molecule has 0 aliphatic carbocycles. The van der Waals surface area contributed by atoms with Gasteiger partial charge in [0.1, 0.15) is 0 Å². The summed E-state index contributed by atoms with van der Waals surface area (Å²) in [5, 5.41) is 29.1. The molecule has 4 rings (SSSR count). The monoisotopic (exact) mass is 411 g/mol. The van der Waals surface area contributed by atoms with Crippen LogP contribution in [0.25, 0.3) is 11.3 Å². The lowest BCUT2D eigenvalue weighted by atomic mass is 10.2. The van der Waals surface area contributed by atoms with Gasteiger partial charge in [-0.1, -0.05) is 17.7 Å². The van der Waals surface area contributed by atoms with E-state index in [-0.39, 0.29) is 29.4 Å². The summed E-state index contributed by atoms with van der Waals surface area (Å²) in [6.07, 6.45) is 0. The van der Waals surface area contributed by atoms with Crippen molar-refractivity contribution in [3.05, 3.63) is 53.1 Å². The highest BCUT2D eigenvalue weighted by atomic mass is 35.5. The van der Waals surface area contributed by atoms with Gasteiger partial charge in [0.25, 0.3) is 0 Å². The maximum absolute atomic E-state index is 9.68. The first-order chi connectivity index (χ1) is 14.1. The number of fused-ring (bicyclic) bond motifs is 1. The van der Waals surface area contributed by atoms with E-state index in [1.807, 2.05) is 0 Å². The van der Waals surface area contributed by atoms with Gasteiger partial charge in [-0.05, 0) is 52.3 Å². The molecule has 0 saturated carbocycles. The molecule has 0 radical (unpaired) electrons. The van der Waals surface area contributed by atoms with Crippen molar-refractivity contribution >= 4 is 40.2 Å². The van der Waals surface area contributed by atoms with Gasteiger partial charge >= 0.3 is 0 Å². The number of ether oxygens (including phenoxy) is 1. The fraction of sp³-hybridized carbons (Fsp3) is 0.111. The largest absolute Gasteiger partial charge is 0.504 e. The number of benzene rings is 2. The second-order valence-corrected chi connectivity index (χ2v) is 6.28. The van der Waals surface area contributed by atoms with Crippen LogP contribution in [0.4, 0.5) is 17.3 Å². The molecule has 0 aliphatic heterocycles. The number of aromatic nitrogens is 4. The molecule has 0 amide bonds. The second kappa shape index (κ2) is 8.07. The van der Waals surface area contributed by atoms with Crippen molar-refractivity contribution in [2.24, 2.45) is 10.2 Å². The molecule has 2 heterocycles. The van der Waals surface area contributed by atoms with E-state index in [0.29, 0.717) is 16.6 Å². The Morgan fingerprint density at radius 3 is 2.62 bits per heavy atom. The van der Waals surface area contributed by atoms with E-state index in [4.69, 9.17) is 16.3 Å². The molecule has 11 heteroatoms. The minimum Gasteiger partial charge on any atom is -0.504 e. The van der Waals surface area contributed by atoms with E-state index in [2.05, 4.69) is 40.5 Å². The summed E-state index contributed by atoms with van der Waals surface area (Å²) in [6, 6.07) is 12.0. The van der Waals surface area contributed by atoms with Gasteiger partial charge in [0, 0.05) is 10.7 Å². The van der Waals surface area contributed by atoms with Crippen LogP contribution in [0.5, 0.6) is 11.5 Å². The Morgan fingerprint density at radius 2 is 1.86 bits per heavy atom. The van der Waals surface area contributed by atoms with Gasteiger partial charge in [0.2, 0.25) is 17.1 Å². The summed E-state index contributed by atoms with van der Waals surface area (Å²) in [7, 11) is 1.48. The zero-order chi connectivity index (χ0) is 20.2. The molecule has 0 spiro atoms. The maximum Gasteiger partial charge on any atom is 0.245 e. The van der Waals surface area contributed by atoms with E-state index < -0.39 is 0 Å². The molecule has 146 valence electrons. The fourth-order valence-corrected chi connectivity index (χ4v) is 2.58. The lowest BCUT2D eigenvalue weighted by molar-refractivity contribution is 0.314. The lowest BCUT2D eigenvalue weighted by Crippen LogP contribution is -1.96. The Bertz CT molecular complexity index is 1180. The van der Waals surface area contributed by atoms with Crippen LogP contribution in [0.3, 0.4) is 0 Å². The first-order valence-corrected chi connectivity index (χ1v) is 8.76. The number of azo groups is 1. The normalized spacial score (nSPS) is 11.2. The molecule has 4 aromatic rings. The number of nitrogens with zero attached hydrogens (tertiary/aromatic N) is 6. The van der Waals surface area contributed by atoms with E-state index >= 15 is 0 Å². The number of phenols is 1. The molecule has 2 aromatic carbocycles. The van der Waals surface area contributed by atoms with Gasteiger partial charge in [-0.25, -0.2) is 9.61 Å². The lowest BCUT2D eigenvalue weighted by Gasteiger charge is -2.07. The number of phenolic OH excluding ortho intramolecular Hbond substituents is 1. The zero-order valence-corrected chi connectivity index (χ0v) is 15.8. The van der Waals surface area contributed by atoms with Crippen LogP contribution in [0, 0.1) is 0 Å². The summed E-state index contributed by atoms with van der Waals surface area (Å²) in [5.41, 5.74) is 1.99. The van der Waals surface area contributed by atoms with Crippen LogP contribution in [-0.2, 0) is 6.54 Å². The molecule has 0 bridgehead atoms. The molecule has 29 heavy (non-hydrogen) atoms.